The van der Waals surface area contributed by atoms with E-state index in [2.05, 4.69) is 15.0 Å². The molecule has 1 fully saturated rings. The summed E-state index contributed by atoms with van der Waals surface area (Å²) in [6.07, 6.45) is 2.17. The van der Waals surface area contributed by atoms with E-state index in [9.17, 15) is 9.18 Å². The molecule has 0 bridgehead atoms. The average molecular weight is 336 g/mol. The van der Waals surface area contributed by atoms with Crippen LogP contribution in [-0.4, -0.2) is 24.7 Å². The first-order valence-electron chi connectivity index (χ1n) is 7.35. The molecule has 0 saturated carbocycles. The van der Waals surface area contributed by atoms with Gasteiger partial charge in [0.25, 0.3) is 0 Å². The first kappa shape index (κ1) is 15.9. The number of esters is 1. The van der Waals surface area contributed by atoms with Gasteiger partial charge in [-0.1, -0.05) is 0 Å². The third kappa shape index (κ3) is 3.68. The number of carbonyl (C=O) groups is 1. The molecule has 1 atom stereocenters. The third-order valence-corrected chi connectivity index (χ3v) is 4.61. The van der Waals surface area contributed by atoms with Crippen molar-refractivity contribution in [3.8, 4) is 0 Å². The van der Waals surface area contributed by atoms with Crippen molar-refractivity contribution in [2.24, 2.45) is 0 Å². The number of anilines is 1. The number of nitrogens with zero attached hydrogens (tertiary/aromatic N) is 1. The van der Waals surface area contributed by atoms with E-state index in [0.29, 0.717) is 12.2 Å². The summed E-state index contributed by atoms with van der Waals surface area (Å²) in [5, 5.41) is 5.92. The van der Waals surface area contributed by atoms with Crippen molar-refractivity contribution in [3.05, 3.63) is 45.7 Å². The van der Waals surface area contributed by atoms with E-state index in [1.165, 1.54) is 19.2 Å². The predicted molar refractivity (Wildman–Crippen MR) is 85.1 cm³/mol. The van der Waals surface area contributed by atoms with E-state index in [1.807, 2.05) is 5.38 Å². The van der Waals surface area contributed by atoms with Gasteiger partial charge in [-0.2, -0.15) is 0 Å². The van der Waals surface area contributed by atoms with Crippen LogP contribution < -0.4 is 5.32 Å². The van der Waals surface area contributed by atoms with Gasteiger partial charge < -0.3 is 14.8 Å². The Balaban J connectivity index is 1.63. The van der Waals surface area contributed by atoms with E-state index in [4.69, 9.17) is 4.74 Å². The van der Waals surface area contributed by atoms with Crippen LogP contribution in [-0.2, 0) is 16.0 Å². The minimum Gasteiger partial charge on any atom is -0.465 e. The Kier molecular flexibility index (Phi) is 4.88. The summed E-state index contributed by atoms with van der Waals surface area (Å²) in [5.41, 5.74) is 1.35. The monoisotopic (exact) mass is 336 g/mol. The second-order valence-electron chi connectivity index (χ2n) is 5.22. The molecule has 1 N–H and O–H groups in total. The number of hydrogen-bond donors (Lipinski definition) is 1. The Morgan fingerprint density at radius 1 is 1.57 bits per heavy atom. The molecule has 1 aromatic carbocycles. The lowest BCUT2D eigenvalue weighted by Gasteiger charge is -2.07. The molecular formula is C16H17FN2O3S. The molecule has 1 saturated heterocycles. The SMILES string of the molecule is COC(=O)c1ccc(NCc2csc([C@H]3CCCO3)n2)c(F)c1. The summed E-state index contributed by atoms with van der Waals surface area (Å²) >= 11 is 1.56. The van der Waals surface area contributed by atoms with Crippen molar-refractivity contribution in [3.63, 3.8) is 0 Å². The lowest BCUT2D eigenvalue weighted by atomic mass is 10.2. The number of aromatic nitrogens is 1. The molecule has 5 nitrogen and oxygen atoms in total. The number of ether oxygens (including phenoxy) is 2. The van der Waals surface area contributed by atoms with Crippen molar-refractivity contribution >= 4 is 23.0 Å². The first-order valence-corrected chi connectivity index (χ1v) is 8.23. The van der Waals surface area contributed by atoms with Crippen LogP contribution in [0, 0.1) is 5.82 Å². The Bertz CT molecular complexity index is 698. The molecule has 1 aliphatic heterocycles. The number of thiazole rings is 1. The van der Waals surface area contributed by atoms with E-state index in [1.54, 1.807) is 11.3 Å². The number of hydrogen-bond acceptors (Lipinski definition) is 6. The molecule has 0 unspecified atom stereocenters. The molecule has 0 radical (unpaired) electrons. The van der Waals surface area contributed by atoms with Crippen molar-refractivity contribution < 1.29 is 18.7 Å². The smallest absolute Gasteiger partial charge is 0.337 e. The molecule has 1 aliphatic rings. The summed E-state index contributed by atoms with van der Waals surface area (Å²) in [4.78, 5) is 15.9. The Hall–Kier alpha value is -1.99. The van der Waals surface area contributed by atoms with Crippen LogP contribution in [0.5, 0.6) is 0 Å². The summed E-state index contributed by atoms with van der Waals surface area (Å²) in [7, 11) is 1.26. The lowest BCUT2D eigenvalue weighted by Crippen LogP contribution is -2.05. The second kappa shape index (κ2) is 7.06. The number of methoxy groups -OCH3 is 1. The zero-order chi connectivity index (χ0) is 16.2. The molecule has 2 aromatic rings. The molecule has 0 amide bonds. The van der Waals surface area contributed by atoms with Crippen LogP contribution in [0.3, 0.4) is 0 Å². The van der Waals surface area contributed by atoms with Crippen LogP contribution in [0.2, 0.25) is 0 Å². The highest BCUT2D eigenvalue weighted by atomic mass is 32.1. The zero-order valence-electron chi connectivity index (χ0n) is 12.7. The zero-order valence-corrected chi connectivity index (χ0v) is 13.5. The normalized spacial score (nSPS) is 17.2. The molecule has 0 spiro atoms. The maximum absolute atomic E-state index is 14.0. The second-order valence-corrected chi connectivity index (χ2v) is 6.11. The van der Waals surface area contributed by atoms with Gasteiger partial charge in [-0.25, -0.2) is 14.2 Å². The number of carbonyl (C=O) groups excluding carboxylic acids is 1. The van der Waals surface area contributed by atoms with Crippen LogP contribution >= 0.6 is 11.3 Å². The van der Waals surface area contributed by atoms with Crippen molar-refractivity contribution in [1.29, 1.82) is 0 Å². The fourth-order valence-electron chi connectivity index (χ4n) is 2.41. The van der Waals surface area contributed by atoms with Crippen molar-refractivity contribution in [2.75, 3.05) is 19.0 Å². The maximum Gasteiger partial charge on any atom is 0.337 e. The summed E-state index contributed by atoms with van der Waals surface area (Å²) in [6, 6.07) is 4.21. The maximum atomic E-state index is 14.0. The Labute approximate surface area is 137 Å². The van der Waals surface area contributed by atoms with Crippen LogP contribution in [0.25, 0.3) is 0 Å². The summed E-state index contributed by atoms with van der Waals surface area (Å²) in [6.45, 7) is 1.20. The van der Waals surface area contributed by atoms with Gasteiger partial charge in [0, 0.05) is 12.0 Å². The van der Waals surface area contributed by atoms with E-state index >= 15 is 0 Å². The van der Waals surface area contributed by atoms with Crippen LogP contribution in [0.4, 0.5) is 10.1 Å². The fourth-order valence-corrected chi connectivity index (χ4v) is 3.31. The minimum absolute atomic E-state index is 0.102. The lowest BCUT2D eigenvalue weighted by molar-refractivity contribution is 0.0600. The highest BCUT2D eigenvalue weighted by molar-refractivity contribution is 7.09. The van der Waals surface area contributed by atoms with Gasteiger partial charge in [-0.05, 0) is 31.0 Å². The highest BCUT2D eigenvalue weighted by Gasteiger charge is 2.20. The van der Waals surface area contributed by atoms with E-state index in [0.717, 1.165) is 36.2 Å². The number of nitrogens with one attached hydrogen (secondary N) is 1. The molecular weight excluding hydrogens is 319 g/mol. The predicted octanol–water partition coefficient (Wildman–Crippen LogP) is 3.53. The molecule has 0 aliphatic carbocycles. The molecule has 3 rings (SSSR count). The average Bonchev–Trinajstić information content (AvgIpc) is 3.24. The molecule has 1 aromatic heterocycles. The molecule has 7 heteroatoms. The Morgan fingerprint density at radius 3 is 3.13 bits per heavy atom. The van der Waals surface area contributed by atoms with E-state index < -0.39 is 11.8 Å². The minimum atomic E-state index is -0.559. The van der Waals surface area contributed by atoms with Gasteiger partial charge in [0.15, 0.2) is 0 Å². The van der Waals surface area contributed by atoms with Gasteiger partial charge in [0.1, 0.15) is 16.9 Å². The van der Waals surface area contributed by atoms with Crippen molar-refractivity contribution in [2.45, 2.75) is 25.5 Å². The van der Waals surface area contributed by atoms with Crippen LogP contribution in [0.15, 0.2) is 23.6 Å². The topological polar surface area (TPSA) is 60.5 Å². The number of benzene rings is 1. The van der Waals surface area contributed by atoms with Gasteiger partial charge in [0.05, 0.1) is 30.6 Å². The van der Waals surface area contributed by atoms with E-state index in [-0.39, 0.29) is 11.7 Å². The molecule has 2 heterocycles. The largest absolute Gasteiger partial charge is 0.465 e. The van der Waals surface area contributed by atoms with Gasteiger partial charge in [0.2, 0.25) is 0 Å². The third-order valence-electron chi connectivity index (χ3n) is 3.62. The number of rotatable bonds is 5. The molecule has 23 heavy (non-hydrogen) atoms. The van der Waals surface area contributed by atoms with Crippen molar-refractivity contribution in [1.82, 2.24) is 4.98 Å². The van der Waals surface area contributed by atoms with Crippen LogP contribution in [0.1, 0.15) is 40.0 Å². The van der Waals surface area contributed by atoms with Gasteiger partial charge >= 0.3 is 5.97 Å². The number of halogens is 1. The van der Waals surface area contributed by atoms with Gasteiger partial charge in [-0.3, -0.25) is 0 Å². The quantitative estimate of drug-likeness (QED) is 0.847. The first-order chi connectivity index (χ1) is 11.2. The van der Waals surface area contributed by atoms with Gasteiger partial charge in [-0.15, -0.1) is 11.3 Å². The highest BCUT2D eigenvalue weighted by Crippen LogP contribution is 2.30. The fraction of sp³-hybridized carbons (Fsp3) is 0.375. The summed E-state index contributed by atoms with van der Waals surface area (Å²) < 4.78 is 24.2. The molecule has 122 valence electrons. The Morgan fingerprint density at radius 2 is 2.43 bits per heavy atom. The summed E-state index contributed by atoms with van der Waals surface area (Å²) in [5.74, 6) is -1.06. The standard InChI is InChI=1S/C16H17FN2O3S/c1-21-16(20)10-4-5-13(12(17)7-10)18-8-11-9-23-15(19-11)14-3-2-6-22-14/h4-5,7,9,14,18H,2-3,6,8H2,1H3/t14-/m1/s1.